The predicted molar refractivity (Wildman–Crippen MR) is 47.2 cm³/mol. The molecule has 2 heterocycles. The highest BCUT2D eigenvalue weighted by Crippen LogP contribution is 2.35. The Balaban J connectivity index is 1.52. The monoisotopic (exact) mass is 170 g/mol. The average Bonchev–Trinajstić information content (AvgIpc) is 2.89. The van der Waals surface area contributed by atoms with Crippen LogP contribution >= 0.6 is 0 Å². The second kappa shape index (κ2) is 2.71. The lowest BCUT2D eigenvalue weighted by Crippen LogP contribution is -2.06. The van der Waals surface area contributed by atoms with Crippen molar-refractivity contribution >= 4 is 0 Å². The second-order valence-electron chi connectivity index (χ2n) is 4.68. The average molecular weight is 170 g/mol. The van der Waals surface area contributed by atoms with Gasteiger partial charge in [0.15, 0.2) is 0 Å². The Morgan fingerprint density at radius 1 is 0.917 bits per heavy atom. The van der Waals surface area contributed by atoms with Crippen LogP contribution in [-0.4, -0.2) is 24.4 Å². The number of ether oxygens (including phenoxy) is 2. The van der Waals surface area contributed by atoms with E-state index in [0.717, 1.165) is 13.2 Å². The van der Waals surface area contributed by atoms with Crippen molar-refractivity contribution in [3.05, 3.63) is 0 Å². The molecule has 0 aromatic rings. The number of hydrogen-bond acceptors (Lipinski definition) is 2. The quantitative estimate of drug-likeness (QED) is 0.466. The first-order valence-corrected chi connectivity index (χ1v) is 4.90. The van der Waals surface area contributed by atoms with Crippen LogP contribution in [0.5, 0.6) is 0 Å². The van der Waals surface area contributed by atoms with E-state index in [1.54, 1.807) is 0 Å². The molecule has 2 rings (SSSR count). The smallest absolute Gasteiger partial charge is 0.0888 e. The van der Waals surface area contributed by atoms with Crippen molar-refractivity contribution in [2.24, 2.45) is 0 Å². The van der Waals surface area contributed by atoms with Gasteiger partial charge in [0, 0.05) is 0 Å². The van der Waals surface area contributed by atoms with Crippen LogP contribution in [0.1, 0.15) is 39.5 Å². The maximum atomic E-state index is 5.31. The summed E-state index contributed by atoms with van der Waals surface area (Å²) in [6, 6.07) is 0. The van der Waals surface area contributed by atoms with Crippen LogP contribution in [0.4, 0.5) is 0 Å². The molecule has 2 unspecified atom stereocenters. The third kappa shape index (κ3) is 2.20. The Hall–Kier alpha value is -0.0800. The van der Waals surface area contributed by atoms with Gasteiger partial charge in [-0.25, -0.2) is 0 Å². The second-order valence-corrected chi connectivity index (χ2v) is 4.68. The Labute approximate surface area is 74.2 Å². The summed E-state index contributed by atoms with van der Waals surface area (Å²) in [4.78, 5) is 0. The number of unbranched alkanes of at least 4 members (excludes halogenated alkanes) is 1. The highest BCUT2D eigenvalue weighted by molar-refractivity contribution is 4.89. The molecule has 0 N–H and O–H groups in total. The van der Waals surface area contributed by atoms with Gasteiger partial charge in [0.05, 0.1) is 24.4 Å². The molecule has 2 heteroatoms. The highest BCUT2D eigenvalue weighted by atomic mass is 16.6. The molecular weight excluding hydrogens is 152 g/mol. The van der Waals surface area contributed by atoms with Crippen LogP contribution in [0.15, 0.2) is 0 Å². The molecule has 0 spiro atoms. The summed E-state index contributed by atoms with van der Waals surface area (Å²) in [5.41, 5.74) is 0.511. The van der Waals surface area contributed by atoms with Gasteiger partial charge in [0.25, 0.3) is 0 Å². The number of hydrogen-bond donors (Lipinski definition) is 0. The minimum Gasteiger partial charge on any atom is -0.370 e. The van der Waals surface area contributed by atoms with Gasteiger partial charge in [-0.15, -0.1) is 0 Å². The first-order valence-electron chi connectivity index (χ1n) is 4.90. The summed E-state index contributed by atoms with van der Waals surface area (Å²) in [5, 5.41) is 0. The number of epoxide rings is 2. The molecule has 2 aliphatic rings. The minimum atomic E-state index is 0.255. The van der Waals surface area contributed by atoms with E-state index in [1.165, 1.54) is 25.7 Å². The molecule has 2 fully saturated rings. The molecule has 0 aromatic carbocycles. The molecule has 70 valence electrons. The lowest BCUT2D eigenvalue weighted by Gasteiger charge is -2.06. The molecule has 0 aliphatic carbocycles. The normalized spacial score (nSPS) is 44.5. The van der Waals surface area contributed by atoms with Gasteiger partial charge in [-0.2, -0.15) is 0 Å². The summed E-state index contributed by atoms with van der Waals surface area (Å²) in [7, 11) is 0. The van der Waals surface area contributed by atoms with Gasteiger partial charge in [0.2, 0.25) is 0 Å². The van der Waals surface area contributed by atoms with Crippen molar-refractivity contribution in [1.29, 1.82) is 0 Å². The van der Waals surface area contributed by atoms with Gasteiger partial charge in [-0.05, 0) is 26.7 Å². The van der Waals surface area contributed by atoms with E-state index >= 15 is 0 Å². The fraction of sp³-hybridized carbons (Fsp3) is 1.00. The van der Waals surface area contributed by atoms with E-state index in [0.29, 0.717) is 0 Å². The first kappa shape index (κ1) is 8.52. The van der Waals surface area contributed by atoms with Gasteiger partial charge in [0.1, 0.15) is 0 Å². The Kier molecular flexibility index (Phi) is 1.92. The molecule has 0 aromatic heterocycles. The molecule has 2 atom stereocenters. The molecule has 2 aliphatic heterocycles. The SMILES string of the molecule is CC1(CCCCC2(C)CO2)CO1. The van der Waals surface area contributed by atoms with E-state index in [4.69, 9.17) is 9.47 Å². The van der Waals surface area contributed by atoms with E-state index in [2.05, 4.69) is 13.8 Å². The molecular formula is C10H18O2. The summed E-state index contributed by atoms with van der Waals surface area (Å²) >= 11 is 0. The van der Waals surface area contributed by atoms with Crippen LogP contribution in [0.3, 0.4) is 0 Å². The lowest BCUT2D eigenvalue weighted by atomic mass is 10.00. The molecule has 0 amide bonds. The van der Waals surface area contributed by atoms with Crippen LogP contribution in [0, 0.1) is 0 Å². The van der Waals surface area contributed by atoms with E-state index in [-0.39, 0.29) is 11.2 Å². The third-order valence-electron chi connectivity index (χ3n) is 2.94. The highest BCUT2D eigenvalue weighted by Gasteiger charge is 2.40. The van der Waals surface area contributed by atoms with Gasteiger partial charge >= 0.3 is 0 Å². The maximum Gasteiger partial charge on any atom is 0.0888 e. The van der Waals surface area contributed by atoms with Crippen molar-refractivity contribution in [2.75, 3.05) is 13.2 Å². The Bertz CT molecular complexity index is 149. The van der Waals surface area contributed by atoms with Gasteiger partial charge in [-0.3, -0.25) is 0 Å². The zero-order chi connectivity index (χ0) is 8.66. The molecule has 0 radical (unpaired) electrons. The van der Waals surface area contributed by atoms with Crippen molar-refractivity contribution in [3.63, 3.8) is 0 Å². The van der Waals surface area contributed by atoms with Crippen LogP contribution in [0.2, 0.25) is 0 Å². The first-order chi connectivity index (χ1) is 5.62. The van der Waals surface area contributed by atoms with Gasteiger partial charge in [-0.1, -0.05) is 12.8 Å². The molecule has 0 saturated carbocycles. The van der Waals surface area contributed by atoms with Crippen LogP contribution in [-0.2, 0) is 9.47 Å². The van der Waals surface area contributed by atoms with Crippen molar-refractivity contribution in [2.45, 2.75) is 50.7 Å². The Morgan fingerprint density at radius 3 is 1.50 bits per heavy atom. The van der Waals surface area contributed by atoms with E-state index in [9.17, 15) is 0 Å². The van der Waals surface area contributed by atoms with Crippen molar-refractivity contribution < 1.29 is 9.47 Å². The number of rotatable bonds is 5. The predicted octanol–water partition coefficient (Wildman–Crippen LogP) is 2.12. The minimum absolute atomic E-state index is 0.255. The third-order valence-corrected chi connectivity index (χ3v) is 2.94. The molecule has 2 nitrogen and oxygen atoms in total. The largest absolute Gasteiger partial charge is 0.370 e. The lowest BCUT2D eigenvalue weighted by molar-refractivity contribution is 0.280. The van der Waals surface area contributed by atoms with Crippen LogP contribution < -0.4 is 0 Å². The summed E-state index contributed by atoms with van der Waals surface area (Å²) in [6.07, 6.45) is 5.02. The maximum absolute atomic E-state index is 5.31. The van der Waals surface area contributed by atoms with Crippen LogP contribution in [0.25, 0.3) is 0 Å². The summed E-state index contributed by atoms with van der Waals surface area (Å²) < 4.78 is 10.6. The fourth-order valence-corrected chi connectivity index (χ4v) is 1.53. The van der Waals surface area contributed by atoms with Gasteiger partial charge < -0.3 is 9.47 Å². The van der Waals surface area contributed by atoms with Crippen molar-refractivity contribution in [1.82, 2.24) is 0 Å². The van der Waals surface area contributed by atoms with Crippen molar-refractivity contribution in [3.8, 4) is 0 Å². The zero-order valence-electron chi connectivity index (χ0n) is 8.06. The summed E-state index contributed by atoms with van der Waals surface area (Å²) in [5.74, 6) is 0. The van der Waals surface area contributed by atoms with E-state index < -0.39 is 0 Å². The molecule has 2 saturated heterocycles. The fourth-order valence-electron chi connectivity index (χ4n) is 1.53. The topological polar surface area (TPSA) is 25.1 Å². The molecule has 0 bridgehead atoms. The molecule has 12 heavy (non-hydrogen) atoms. The Morgan fingerprint density at radius 2 is 1.25 bits per heavy atom. The van der Waals surface area contributed by atoms with E-state index in [1.807, 2.05) is 0 Å². The summed E-state index contributed by atoms with van der Waals surface area (Å²) in [6.45, 7) is 6.34. The zero-order valence-corrected chi connectivity index (χ0v) is 8.06. The standard InChI is InChI=1S/C10H18O2/c1-9(7-11-9)5-3-4-6-10(2)8-12-10/h3-8H2,1-2H3.